The molecule has 0 saturated carbocycles. The highest BCUT2D eigenvalue weighted by Gasteiger charge is 2.64. The minimum absolute atomic E-state index is 0. The van der Waals surface area contributed by atoms with Crippen LogP contribution in [0.2, 0.25) is 10.0 Å². The maximum atomic E-state index is 14.4. The molecule has 4 atom stereocenters. The molecule has 0 aliphatic carbocycles. The normalized spacial score (nSPS) is 25.8. The van der Waals surface area contributed by atoms with Crippen molar-refractivity contribution in [3.8, 4) is 5.75 Å². The van der Waals surface area contributed by atoms with Crippen molar-refractivity contribution in [3.63, 3.8) is 0 Å². The zero-order chi connectivity index (χ0) is 28.5. The lowest BCUT2D eigenvalue weighted by atomic mass is 9.51. The van der Waals surface area contributed by atoms with Gasteiger partial charge in [0.2, 0.25) is 5.91 Å². The highest BCUT2D eigenvalue weighted by Crippen LogP contribution is 2.58. The molecule has 2 aliphatic rings. The molecule has 0 bridgehead atoms. The number of rotatable bonds is 7. The maximum absolute atomic E-state index is 14.4. The molecule has 41 heavy (non-hydrogen) atoms. The quantitative estimate of drug-likeness (QED) is 0.329. The molecule has 0 aromatic heterocycles. The standard InChI is InChI=1S/C32H35Cl2N3O3.ClH/c1-3-32(24-15-17-36-20-24)28(22-11-14-26(33)27(34)19-22)31(30(35)39,23-7-5-4-6-8-23)16-18-37(32)29(38)21-9-12-25(40-2)13-10-21;/h4-14,19,24,28,36H,3,15-18,20H2,1-2H3,(H2,35,39);1H. The van der Waals surface area contributed by atoms with E-state index < -0.39 is 22.8 Å². The van der Waals surface area contributed by atoms with E-state index in [1.165, 1.54) is 0 Å². The van der Waals surface area contributed by atoms with Crippen molar-refractivity contribution in [1.82, 2.24) is 10.2 Å². The highest BCUT2D eigenvalue weighted by molar-refractivity contribution is 6.42. The number of halogens is 3. The maximum Gasteiger partial charge on any atom is 0.254 e. The van der Waals surface area contributed by atoms with Crippen LogP contribution in [-0.4, -0.2) is 49.0 Å². The Hall–Kier alpha value is -2.77. The van der Waals surface area contributed by atoms with E-state index >= 15 is 0 Å². The first-order valence-electron chi connectivity index (χ1n) is 13.8. The van der Waals surface area contributed by atoms with Gasteiger partial charge < -0.3 is 20.7 Å². The minimum atomic E-state index is -1.08. The van der Waals surface area contributed by atoms with Gasteiger partial charge in [-0.15, -0.1) is 12.4 Å². The number of primary amides is 1. The van der Waals surface area contributed by atoms with Gasteiger partial charge >= 0.3 is 0 Å². The number of nitrogens with zero attached hydrogens (tertiary/aromatic N) is 1. The van der Waals surface area contributed by atoms with Crippen LogP contribution in [0.4, 0.5) is 0 Å². The molecule has 0 radical (unpaired) electrons. The van der Waals surface area contributed by atoms with Crippen molar-refractivity contribution in [2.45, 2.75) is 43.1 Å². The molecule has 0 spiro atoms. The van der Waals surface area contributed by atoms with Gasteiger partial charge in [0, 0.05) is 24.6 Å². The molecule has 2 aliphatic heterocycles. The summed E-state index contributed by atoms with van der Waals surface area (Å²) in [5.41, 5.74) is 6.88. The van der Waals surface area contributed by atoms with E-state index in [1.807, 2.05) is 47.4 Å². The lowest BCUT2D eigenvalue weighted by molar-refractivity contribution is -0.131. The van der Waals surface area contributed by atoms with Gasteiger partial charge in [0.15, 0.2) is 0 Å². The van der Waals surface area contributed by atoms with Gasteiger partial charge in [-0.05, 0) is 79.3 Å². The third kappa shape index (κ3) is 5.20. The van der Waals surface area contributed by atoms with Crippen molar-refractivity contribution < 1.29 is 14.3 Å². The number of hydrogen-bond donors (Lipinski definition) is 2. The summed E-state index contributed by atoms with van der Waals surface area (Å²) in [7, 11) is 1.60. The van der Waals surface area contributed by atoms with Gasteiger partial charge in [0.05, 0.1) is 28.1 Å². The van der Waals surface area contributed by atoms with Gasteiger partial charge in [0.1, 0.15) is 5.75 Å². The number of nitrogens with two attached hydrogens (primary N) is 1. The Balaban J connectivity index is 0.00000387. The lowest BCUT2D eigenvalue weighted by Gasteiger charge is -2.61. The monoisotopic (exact) mass is 615 g/mol. The minimum Gasteiger partial charge on any atom is -0.497 e. The second kappa shape index (κ2) is 12.6. The topological polar surface area (TPSA) is 84.7 Å². The number of carbonyl (C=O) groups is 2. The number of hydrogen-bond acceptors (Lipinski definition) is 4. The molecule has 2 fully saturated rings. The number of ether oxygens (including phenoxy) is 1. The first-order chi connectivity index (χ1) is 19.3. The molecule has 3 N–H and O–H groups in total. The fourth-order valence-electron chi connectivity index (χ4n) is 7.34. The molecule has 5 rings (SSSR count). The number of likely N-dealkylation sites (tertiary alicyclic amines) is 1. The van der Waals surface area contributed by atoms with Crippen LogP contribution in [0.25, 0.3) is 0 Å². The van der Waals surface area contributed by atoms with E-state index in [2.05, 4.69) is 12.2 Å². The van der Waals surface area contributed by atoms with Crippen LogP contribution in [0.1, 0.15) is 53.6 Å². The Morgan fingerprint density at radius 3 is 2.32 bits per heavy atom. The number of amides is 2. The van der Waals surface area contributed by atoms with E-state index in [-0.39, 0.29) is 24.2 Å². The number of carbonyl (C=O) groups excluding carboxylic acids is 2. The molecular weight excluding hydrogens is 581 g/mol. The van der Waals surface area contributed by atoms with Crippen LogP contribution in [0.3, 0.4) is 0 Å². The van der Waals surface area contributed by atoms with Crippen LogP contribution in [-0.2, 0) is 10.2 Å². The summed E-state index contributed by atoms with van der Waals surface area (Å²) in [6, 6.07) is 22.5. The van der Waals surface area contributed by atoms with E-state index in [4.69, 9.17) is 33.7 Å². The Bertz CT molecular complexity index is 1380. The lowest BCUT2D eigenvalue weighted by Crippen LogP contribution is -2.70. The predicted octanol–water partition coefficient (Wildman–Crippen LogP) is 6.24. The van der Waals surface area contributed by atoms with Crippen LogP contribution in [0.5, 0.6) is 5.75 Å². The van der Waals surface area contributed by atoms with Gasteiger partial charge in [0.25, 0.3) is 5.91 Å². The average molecular weight is 617 g/mol. The molecular formula is C32H36Cl3N3O3. The molecule has 4 unspecified atom stereocenters. The van der Waals surface area contributed by atoms with Crippen molar-refractivity contribution >= 4 is 47.4 Å². The molecule has 3 aromatic rings. The summed E-state index contributed by atoms with van der Waals surface area (Å²) in [6.45, 7) is 4.05. The van der Waals surface area contributed by atoms with Crippen LogP contribution in [0, 0.1) is 5.92 Å². The second-order valence-electron chi connectivity index (χ2n) is 10.8. The Kier molecular flexibility index (Phi) is 9.59. The summed E-state index contributed by atoms with van der Waals surface area (Å²) < 4.78 is 5.33. The van der Waals surface area contributed by atoms with Crippen LogP contribution < -0.4 is 15.8 Å². The number of piperidine rings is 1. The molecule has 9 heteroatoms. The fourth-order valence-corrected chi connectivity index (χ4v) is 7.65. The highest BCUT2D eigenvalue weighted by atomic mass is 35.5. The summed E-state index contributed by atoms with van der Waals surface area (Å²) in [5, 5.41) is 4.35. The van der Waals surface area contributed by atoms with Crippen LogP contribution in [0.15, 0.2) is 72.8 Å². The number of nitrogens with one attached hydrogen (secondary N) is 1. The van der Waals surface area contributed by atoms with Crippen LogP contribution >= 0.6 is 35.6 Å². The Labute approximate surface area is 257 Å². The van der Waals surface area contributed by atoms with E-state index in [0.717, 1.165) is 30.6 Å². The summed E-state index contributed by atoms with van der Waals surface area (Å²) in [6.07, 6.45) is 1.86. The zero-order valence-corrected chi connectivity index (χ0v) is 25.6. The van der Waals surface area contributed by atoms with Gasteiger partial charge in [-0.2, -0.15) is 0 Å². The summed E-state index contributed by atoms with van der Waals surface area (Å²) >= 11 is 13.0. The van der Waals surface area contributed by atoms with E-state index in [0.29, 0.717) is 40.7 Å². The SMILES string of the molecule is CCC1(C2CCNC2)C(c2ccc(Cl)c(Cl)c2)C(C(N)=O)(c2ccccc2)CCN1C(=O)c1ccc(OC)cc1.Cl. The Morgan fingerprint density at radius 2 is 1.76 bits per heavy atom. The van der Waals surface area contributed by atoms with E-state index in [1.54, 1.807) is 37.4 Å². The van der Waals surface area contributed by atoms with E-state index in [9.17, 15) is 9.59 Å². The molecule has 2 amide bonds. The summed E-state index contributed by atoms with van der Waals surface area (Å²) in [5.74, 6) is -0.201. The fraction of sp³-hybridized carbons (Fsp3) is 0.375. The first-order valence-corrected chi connectivity index (χ1v) is 14.5. The van der Waals surface area contributed by atoms with Crippen molar-refractivity contribution in [3.05, 3.63) is 99.5 Å². The molecule has 2 heterocycles. The van der Waals surface area contributed by atoms with Gasteiger partial charge in [-0.1, -0.05) is 66.5 Å². The number of benzene rings is 3. The Morgan fingerprint density at radius 1 is 1.05 bits per heavy atom. The van der Waals surface area contributed by atoms with Crippen molar-refractivity contribution in [2.24, 2.45) is 11.7 Å². The third-order valence-electron chi connectivity index (χ3n) is 9.15. The average Bonchev–Trinajstić information content (AvgIpc) is 3.53. The smallest absolute Gasteiger partial charge is 0.254 e. The second-order valence-corrected chi connectivity index (χ2v) is 11.6. The predicted molar refractivity (Wildman–Crippen MR) is 166 cm³/mol. The molecule has 218 valence electrons. The van der Waals surface area contributed by atoms with Crippen molar-refractivity contribution in [1.29, 1.82) is 0 Å². The molecule has 3 aromatic carbocycles. The first kappa shape index (κ1) is 31.2. The molecule has 6 nitrogen and oxygen atoms in total. The summed E-state index contributed by atoms with van der Waals surface area (Å²) in [4.78, 5) is 30.3. The number of methoxy groups -OCH3 is 1. The zero-order valence-electron chi connectivity index (χ0n) is 23.2. The van der Waals surface area contributed by atoms with Crippen molar-refractivity contribution in [2.75, 3.05) is 26.7 Å². The third-order valence-corrected chi connectivity index (χ3v) is 9.89. The molecule has 2 saturated heterocycles. The largest absolute Gasteiger partial charge is 0.497 e. The van der Waals surface area contributed by atoms with Gasteiger partial charge in [-0.3, -0.25) is 9.59 Å². The van der Waals surface area contributed by atoms with Gasteiger partial charge in [-0.25, -0.2) is 0 Å².